The number of rotatable bonds is 5. The highest BCUT2D eigenvalue weighted by atomic mass is 16.4. The lowest BCUT2D eigenvalue weighted by molar-refractivity contribution is 0.242. The second kappa shape index (κ2) is 5.66. The number of hydrogen-bond acceptors (Lipinski definition) is 3. The predicted octanol–water partition coefficient (Wildman–Crippen LogP) is 2.37. The van der Waals surface area contributed by atoms with Gasteiger partial charge >= 0.3 is 0 Å². The van der Waals surface area contributed by atoms with Gasteiger partial charge in [-0.1, -0.05) is 29.8 Å². The zero-order valence-electron chi connectivity index (χ0n) is 9.94. The largest absolute Gasteiger partial charge is 0.462 e. The Hall–Kier alpha value is -1.58. The van der Waals surface area contributed by atoms with Gasteiger partial charge in [-0.05, 0) is 24.6 Å². The van der Waals surface area contributed by atoms with E-state index in [-0.39, 0.29) is 6.61 Å². The Labute approximate surface area is 101 Å². The summed E-state index contributed by atoms with van der Waals surface area (Å²) in [5.74, 6) is 1.46. The lowest BCUT2D eigenvalue weighted by Crippen LogP contribution is -2.12. The van der Waals surface area contributed by atoms with Gasteiger partial charge in [0.05, 0.1) is 6.54 Å². The number of benzene rings is 1. The van der Waals surface area contributed by atoms with Gasteiger partial charge in [-0.3, -0.25) is 0 Å². The standard InChI is InChI=1S/C14H17NO2/c1-11-3-2-4-12(7-11)8-15-9-13-5-6-14(10-16)17-13/h2-7,15-16H,8-10H2,1H3. The first-order valence-corrected chi connectivity index (χ1v) is 5.72. The van der Waals surface area contributed by atoms with E-state index in [0.717, 1.165) is 12.3 Å². The van der Waals surface area contributed by atoms with Crippen LogP contribution in [0.3, 0.4) is 0 Å². The van der Waals surface area contributed by atoms with Gasteiger partial charge < -0.3 is 14.8 Å². The molecular weight excluding hydrogens is 214 g/mol. The van der Waals surface area contributed by atoms with Gasteiger partial charge in [-0.2, -0.15) is 0 Å². The summed E-state index contributed by atoms with van der Waals surface area (Å²) < 4.78 is 5.38. The van der Waals surface area contributed by atoms with E-state index in [1.54, 1.807) is 6.07 Å². The van der Waals surface area contributed by atoms with Crippen molar-refractivity contribution in [3.63, 3.8) is 0 Å². The van der Waals surface area contributed by atoms with Gasteiger partial charge in [-0.25, -0.2) is 0 Å². The highest BCUT2D eigenvalue weighted by Crippen LogP contribution is 2.08. The van der Waals surface area contributed by atoms with Gasteiger partial charge in [0.1, 0.15) is 18.1 Å². The molecule has 0 radical (unpaired) electrons. The van der Waals surface area contributed by atoms with E-state index in [0.29, 0.717) is 12.3 Å². The van der Waals surface area contributed by atoms with E-state index in [1.807, 2.05) is 6.07 Å². The summed E-state index contributed by atoms with van der Waals surface area (Å²) >= 11 is 0. The fraction of sp³-hybridized carbons (Fsp3) is 0.286. The molecule has 17 heavy (non-hydrogen) atoms. The molecule has 0 amide bonds. The summed E-state index contributed by atoms with van der Waals surface area (Å²) in [7, 11) is 0. The smallest absolute Gasteiger partial charge is 0.129 e. The molecule has 2 rings (SSSR count). The number of aliphatic hydroxyl groups excluding tert-OH is 1. The quantitative estimate of drug-likeness (QED) is 0.830. The highest BCUT2D eigenvalue weighted by molar-refractivity contribution is 5.22. The maximum atomic E-state index is 8.87. The molecule has 0 fully saturated rings. The fourth-order valence-electron chi connectivity index (χ4n) is 1.75. The molecule has 2 aromatic rings. The Balaban J connectivity index is 1.83. The van der Waals surface area contributed by atoms with Crippen molar-refractivity contribution in [2.45, 2.75) is 26.6 Å². The van der Waals surface area contributed by atoms with Crippen LogP contribution in [0.4, 0.5) is 0 Å². The van der Waals surface area contributed by atoms with Crippen LogP contribution in [0.15, 0.2) is 40.8 Å². The van der Waals surface area contributed by atoms with E-state index in [2.05, 4.69) is 36.5 Å². The third-order valence-electron chi connectivity index (χ3n) is 2.58. The molecule has 0 aliphatic heterocycles. The second-order valence-corrected chi connectivity index (χ2v) is 4.12. The molecule has 1 aromatic carbocycles. The van der Waals surface area contributed by atoms with Crippen LogP contribution >= 0.6 is 0 Å². The number of nitrogens with one attached hydrogen (secondary N) is 1. The lowest BCUT2D eigenvalue weighted by Gasteiger charge is -2.04. The normalized spacial score (nSPS) is 10.7. The van der Waals surface area contributed by atoms with Crippen molar-refractivity contribution in [1.29, 1.82) is 0 Å². The van der Waals surface area contributed by atoms with Gasteiger partial charge in [0.2, 0.25) is 0 Å². The lowest BCUT2D eigenvalue weighted by atomic mass is 10.1. The van der Waals surface area contributed by atoms with Crippen molar-refractivity contribution in [3.8, 4) is 0 Å². The van der Waals surface area contributed by atoms with E-state index < -0.39 is 0 Å². The first kappa shape index (κ1) is 11.9. The molecule has 0 bridgehead atoms. The average molecular weight is 231 g/mol. The van der Waals surface area contributed by atoms with Crippen LogP contribution in [0.5, 0.6) is 0 Å². The van der Waals surface area contributed by atoms with Crippen molar-refractivity contribution >= 4 is 0 Å². The van der Waals surface area contributed by atoms with Gasteiger partial charge in [0.25, 0.3) is 0 Å². The maximum Gasteiger partial charge on any atom is 0.129 e. The Morgan fingerprint density at radius 3 is 2.65 bits per heavy atom. The summed E-state index contributed by atoms with van der Waals surface area (Å²) in [6.45, 7) is 3.53. The predicted molar refractivity (Wildman–Crippen MR) is 66.4 cm³/mol. The number of aryl methyl sites for hydroxylation is 1. The monoisotopic (exact) mass is 231 g/mol. The molecule has 0 aliphatic rings. The Kier molecular flexibility index (Phi) is 3.96. The molecule has 0 atom stereocenters. The molecule has 0 saturated heterocycles. The van der Waals surface area contributed by atoms with Crippen LogP contribution in [-0.4, -0.2) is 5.11 Å². The van der Waals surface area contributed by atoms with Crippen LogP contribution in [-0.2, 0) is 19.7 Å². The third kappa shape index (κ3) is 3.44. The Morgan fingerprint density at radius 1 is 1.12 bits per heavy atom. The minimum Gasteiger partial charge on any atom is -0.462 e. The van der Waals surface area contributed by atoms with Crippen molar-refractivity contribution in [1.82, 2.24) is 5.32 Å². The number of aliphatic hydroxyl groups is 1. The highest BCUT2D eigenvalue weighted by Gasteiger charge is 2.00. The van der Waals surface area contributed by atoms with Crippen molar-refractivity contribution < 1.29 is 9.52 Å². The molecule has 0 aliphatic carbocycles. The molecular formula is C14H17NO2. The molecule has 0 spiro atoms. The summed E-state index contributed by atoms with van der Waals surface area (Å²) in [5, 5.41) is 12.2. The van der Waals surface area contributed by atoms with Crippen molar-refractivity contribution in [3.05, 3.63) is 59.0 Å². The van der Waals surface area contributed by atoms with E-state index in [9.17, 15) is 0 Å². The first-order valence-electron chi connectivity index (χ1n) is 5.72. The molecule has 0 unspecified atom stereocenters. The maximum absolute atomic E-state index is 8.87. The Morgan fingerprint density at radius 2 is 1.94 bits per heavy atom. The van der Waals surface area contributed by atoms with Crippen molar-refractivity contribution in [2.75, 3.05) is 0 Å². The molecule has 90 valence electrons. The zero-order valence-corrected chi connectivity index (χ0v) is 9.94. The van der Waals surface area contributed by atoms with E-state index in [4.69, 9.17) is 9.52 Å². The van der Waals surface area contributed by atoms with Crippen LogP contribution in [0.25, 0.3) is 0 Å². The van der Waals surface area contributed by atoms with Crippen LogP contribution in [0.1, 0.15) is 22.6 Å². The summed E-state index contributed by atoms with van der Waals surface area (Å²) in [4.78, 5) is 0. The zero-order chi connectivity index (χ0) is 12.1. The summed E-state index contributed by atoms with van der Waals surface area (Å²) in [6, 6.07) is 12.1. The SMILES string of the molecule is Cc1cccc(CNCc2ccc(CO)o2)c1. The van der Waals surface area contributed by atoms with Gasteiger partial charge in [0, 0.05) is 6.54 Å². The molecule has 3 heteroatoms. The molecule has 1 heterocycles. The average Bonchev–Trinajstić information content (AvgIpc) is 2.77. The van der Waals surface area contributed by atoms with Crippen LogP contribution < -0.4 is 5.32 Å². The van der Waals surface area contributed by atoms with Crippen molar-refractivity contribution in [2.24, 2.45) is 0 Å². The second-order valence-electron chi connectivity index (χ2n) is 4.12. The molecule has 2 N–H and O–H groups in total. The first-order chi connectivity index (χ1) is 8.28. The van der Waals surface area contributed by atoms with Crippen LogP contribution in [0, 0.1) is 6.92 Å². The Bertz CT molecular complexity index is 477. The fourth-order valence-corrected chi connectivity index (χ4v) is 1.75. The summed E-state index contributed by atoms with van der Waals surface area (Å²) in [5.41, 5.74) is 2.53. The minimum atomic E-state index is -0.0438. The van der Waals surface area contributed by atoms with Gasteiger partial charge in [-0.15, -0.1) is 0 Å². The number of hydrogen-bond donors (Lipinski definition) is 2. The minimum absolute atomic E-state index is 0.0438. The van der Waals surface area contributed by atoms with Crippen LogP contribution in [0.2, 0.25) is 0 Å². The molecule has 0 saturated carbocycles. The molecule has 1 aromatic heterocycles. The van der Waals surface area contributed by atoms with Gasteiger partial charge in [0.15, 0.2) is 0 Å². The topological polar surface area (TPSA) is 45.4 Å². The molecule has 3 nitrogen and oxygen atoms in total. The summed E-state index contributed by atoms with van der Waals surface area (Å²) in [6.07, 6.45) is 0. The third-order valence-corrected chi connectivity index (χ3v) is 2.58. The van der Waals surface area contributed by atoms with E-state index in [1.165, 1.54) is 11.1 Å². The number of furan rings is 1. The van der Waals surface area contributed by atoms with E-state index >= 15 is 0 Å².